The highest BCUT2D eigenvalue weighted by Gasteiger charge is 2.37. The third kappa shape index (κ3) is 3.37. The van der Waals surface area contributed by atoms with Crippen LogP contribution in [-0.4, -0.2) is 40.5 Å². The standard InChI is InChI=1S/C18H20ClF3N4OS/c1-9-7-25(8-10(2)23-9)16-11-6-12(18(20,21)22)13(19)15-14(11)26(17(27)24-16)4-3-5-28-15/h6,9-10,23H,3-5,7-8H2,1-2H3. The maximum absolute atomic E-state index is 13.7. The molecule has 3 heterocycles. The third-order valence-corrected chi connectivity index (χ3v) is 6.76. The van der Waals surface area contributed by atoms with Crippen molar-refractivity contribution < 1.29 is 13.2 Å². The third-order valence-electron chi connectivity index (χ3n) is 5.07. The lowest BCUT2D eigenvalue weighted by molar-refractivity contribution is -0.137. The topological polar surface area (TPSA) is 50.2 Å². The van der Waals surface area contributed by atoms with Crippen LogP contribution in [-0.2, 0) is 12.7 Å². The molecule has 1 fully saturated rings. The van der Waals surface area contributed by atoms with Crippen LogP contribution in [0.3, 0.4) is 0 Å². The second-order valence-corrected chi connectivity index (χ2v) is 8.89. The summed E-state index contributed by atoms with van der Waals surface area (Å²) in [6.45, 7) is 5.53. The maximum atomic E-state index is 13.7. The number of aromatic nitrogens is 2. The molecule has 2 aliphatic heterocycles. The van der Waals surface area contributed by atoms with Gasteiger partial charge in [-0.2, -0.15) is 18.2 Å². The fourth-order valence-electron chi connectivity index (χ4n) is 4.05. The second-order valence-electron chi connectivity index (χ2n) is 7.41. The monoisotopic (exact) mass is 432 g/mol. The number of thioether (sulfide) groups is 1. The van der Waals surface area contributed by atoms with Gasteiger partial charge in [-0.25, -0.2) is 4.79 Å². The first-order valence-electron chi connectivity index (χ1n) is 9.15. The van der Waals surface area contributed by atoms with E-state index in [-0.39, 0.29) is 17.1 Å². The number of alkyl halides is 3. The van der Waals surface area contributed by atoms with E-state index in [9.17, 15) is 18.0 Å². The minimum Gasteiger partial charge on any atom is -0.353 e. The van der Waals surface area contributed by atoms with Crippen LogP contribution in [0.5, 0.6) is 0 Å². The molecule has 0 amide bonds. The SMILES string of the molecule is CC1CN(c2nc(=O)n3c4c(c(Cl)c(C(F)(F)F)cc24)SCCC3)CC(C)N1. The van der Waals surface area contributed by atoms with Crippen molar-refractivity contribution in [2.75, 3.05) is 23.7 Å². The van der Waals surface area contributed by atoms with Gasteiger partial charge in [0.15, 0.2) is 0 Å². The number of rotatable bonds is 1. The summed E-state index contributed by atoms with van der Waals surface area (Å²) in [7, 11) is 0. The molecule has 0 bridgehead atoms. The Hall–Kier alpha value is -1.45. The van der Waals surface area contributed by atoms with Gasteiger partial charge >= 0.3 is 11.9 Å². The van der Waals surface area contributed by atoms with Gasteiger partial charge in [0.1, 0.15) is 5.82 Å². The van der Waals surface area contributed by atoms with Crippen LogP contribution in [0.4, 0.5) is 19.0 Å². The van der Waals surface area contributed by atoms with Gasteiger partial charge in [0, 0.05) is 37.1 Å². The van der Waals surface area contributed by atoms with E-state index in [4.69, 9.17) is 11.6 Å². The van der Waals surface area contributed by atoms with Crippen molar-refractivity contribution in [1.29, 1.82) is 0 Å². The van der Waals surface area contributed by atoms with Crippen LogP contribution in [0, 0.1) is 0 Å². The predicted molar refractivity (Wildman–Crippen MR) is 106 cm³/mol. The molecule has 0 saturated carbocycles. The number of hydrogen-bond acceptors (Lipinski definition) is 5. The van der Waals surface area contributed by atoms with Crippen molar-refractivity contribution in [2.45, 2.75) is 50.0 Å². The second kappa shape index (κ2) is 7.11. The Kier molecular flexibility index (Phi) is 5.04. The molecule has 0 spiro atoms. The molecule has 10 heteroatoms. The quantitative estimate of drug-likeness (QED) is 0.743. The van der Waals surface area contributed by atoms with Crippen molar-refractivity contribution in [3.63, 3.8) is 0 Å². The molecule has 1 aromatic carbocycles. The Morgan fingerprint density at radius 2 is 1.96 bits per heavy atom. The van der Waals surface area contributed by atoms with Crippen LogP contribution >= 0.6 is 23.4 Å². The van der Waals surface area contributed by atoms with E-state index in [0.29, 0.717) is 53.4 Å². The Morgan fingerprint density at radius 1 is 1.29 bits per heavy atom. The molecule has 1 aromatic heterocycles. The first-order valence-corrected chi connectivity index (χ1v) is 10.5. The molecular formula is C18H20ClF3N4OS. The fourth-order valence-corrected chi connectivity index (χ4v) is 5.54. The number of anilines is 1. The van der Waals surface area contributed by atoms with Crippen LogP contribution in [0.2, 0.25) is 5.02 Å². The number of nitrogens with one attached hydrogen (secondary N) is 1. The molecule has 4 rings (SSSR count). The minimum atomic E-state index is -4.59. The number of hydrogen-bond donors (Lipinski definition) is 1. The van der Waals surface area contributed by atoms with Gasteiger partial charge in [0.25, 0.3) is 0 Å². The number of aryl methyl sites for hydroxylation is 1. The Labute approximate surface area is 169 Å². The highest BCUT2D eigenvalue weighted by Crippen LogP contribution is 2.46. The lowest BCUT2D eigenvalue weighted by Crippen LogP contribution is -2.55. The average molecular weight is 433 g/mol. The molecule has 2 atom stereocenters. The normalized spacial score (nSPS) is 23.1. The van der Waals surface area contributed by atoms with E-state index in [2.05, 4.69) is 10.3 Å². The van der Waals surface area contributed by atoms with Crippen LogP contribution in [0.15, 0.2) is 15.8 Å². The lowest BCUT2D eigenvalue weighted by Gasteiger charge is -2.37. The minimum absolute atomic E-state index is 0.127. The molecule has 2 unspecified atom stereocenters. The predicted octanol–water partition coefficient (Wildman–Crippen LogP) is 3.75. The van der Waals surface area contributed by atoms with Crippen molar-refractivity contribution in [3.8, 4) is 0 Å². The highest BCUT2D eigenvalue weighted by molar-refractivity contribution is 7.99. The zero-order valence-electron chi connectivity index (χ0n) is 15.4. The summed E-state index contributed by atoms with van der Waals surface area (Å²) in [6.07, 6.45) is -3.92. The van der Waals surface area contributed by atoms with Crippen molar-refractivity contribution >= 4 is 40.1 Å². The molecule has 2 aromatic rings. The van der Waals surface area contributed by atoms with E-state index in [1.807, 2.05) is 18.7 Å². The van der Waals surface area contributed by atoms with Crippen LogP contribution < -0.4 is 15.9 Å². The molecule has 1 saturated heterocycles. The average Bonchev–Trinajstić information content (AvgIpc) is 2.82. The number of piperazine rings is 1. The van der Waals surface area contributed by atoms with Gasteiger partial charge in [0.2, 0.25) is 0 Å². The Morgan fingerprint density at radius 3 is 2.61 bits per heavy atom. The summed E-state index contributed by atoms with van der Waals surface area (Å²) < 4.78 is 42.5. The van der Waals surface area contributed by atoms with Gasteiger partial charge in [-0.1, -0.05) is 11.6 Å². The summed E-state index contributed by atoms with van der Waals surface area (Å²) in [5, 5.41) is 3.38. The fraction of sp³-hybridized carbons (Fsp3) is 0.556. The van der Waals surface area contributed by atoms with Gasteiger partial charge in [0.05, 0.1) is 21.0 Å². The molecule has 28 heavy (non-hydrogen) atoms. The molecule has 152 valence electrons. The highest BCUT2D eigenvalue weighted by atomic mass is 35.5. The van der Waals surface area contributed by atoms with E-state index >= 15 is 0 Å². The molecular weight excluding hydrogens is 413 g/mol. The zero-order valence-corrected chi connectivity index (χ0v) is 17.0. The summed E-state index contributed by atoms with van der Waals surface area (Å²) >= 11 is 7.46. The van der Waals surface area contributed by atoms with Gasteiger partial charge in [-0.05, 0) is 32.1 Å². The zero-order chi connectivity index (χ0) is 20.2. The summed E-state index contributed by atoms with van der Waals surface area (Å²) in [5.41, 5.74) is -0.856. The van der Waals surface area contributed by atoms with Crippen LogP contribution in [0.1, 0.15) is 25.8 Å². The molecule has 1 N–H and O–H groups in total. The first-order chi connectivity index (χ1) is 13.2. The van der Waals surface area contributed by atoms with E-state index < -0.39 is 17.4 Å². The lowest BCUT2D eigenvalue weighted by atomic mass is 10.1. The Balaban J connectivity index is 2.05. The summed E-state index contributed by atoms with van der Waals surface area (Å²) in [4.78, 5) is 19.2. The van der Waals surface area contributed by atoms with Crippen molar-refractivity contribution in [3.05, 3.63) is 27.1 Å². The van der Waals surface area contributed by atoms with Gasteiger partial charge in [-0.15, -0.1) is 11.8 Å². The number of nitrogens with zero attached hydrogens (tertiary/aromatic N) is 3. The van der Waals surface area contributed by atoms with Crippen LogP contribution in [0.25, 0.3) is 10.9 Å². The molecule has 0 radical (unpaired) electrons. The van der Waals surface area contributed by atoms with Crippen molar-refractivity contribution in [2.24, 2.45) is 0 Å². The van der Waals surface area contributed by atoms with E-state index in [1.54, 1.807) is 0 Å². The molecule has 5 nitrogen and oxygen atoms in total. The van der Waals surface area contributed by atoms with Gasteiger partial charge in [-0.3, -0.25) is 4.57 Å². The molecule has 0 aliphatic carbocycles. The summed E-state index contributed by atoms with van der Waals surface area (Å²) in [6, 6.07) is 1.31. The van der Waals surface area contributed by atoms with E-state index in [1.165, 1.54) is 16.3 Å². The van der Waals surface area contributed by atoms with Crippen molar-refractivity contribution in [1.82, 2.24) is 14.9 Å². The number of halogens is 4. The maximum Gasteiger partial charge on any atom is 0.417 e. The summed E-state index contributed by atoms with van der Waals surface area (Å²) in [5.74, 6) is 0.899. The van der Waals surface area contributed by atoms with E-state index in [0.717, 1.165) is 6.07 Å². The molecule has 2 aliphatic rings. The largest absolute Gasteiger partial charge is 0.417 e. The smallest absolute Gasteiger partial charge is 0.353 e. The first kappa shape index (κ1) is 19.8. The number of benzene rings is 1. The Bertz CT molecular complexity index is 984. The van der Waals surface area contributed by atoms with Gasteiger partial charge < -0.3 is 10.2 Å².